The van der Waals surface area contributed by atoms with Crippen LogP contribution < -0.4 is 28.0 Å². The molecule has 0 bridgehead atoms. The van der Waals surface area contributed by atoms with Gasteiger partial charge in [0.25, 0.3) is 0 Å². The molecule has 0 aromatic heterocycles. The minimum Gasteiger partial charge on any atom is -0.357 e. The molecule has 0 amide bonds. The van der Waals surface area contributed by atoms with Crippen LogP contribution in [-0.2, 0) is 0 Å². The molecule has 0 atom stereocenters. The van der Waals surface area contributed by atoms with Crippen molar-refractivity contribution in [2.24, 2.45) is 0 Å². The quantitative estimate of drug-likeness (QED) is 0.376. The van der Waals surface area contributed by atoms with E-state index in [-0.39, 0.29) is 42.4 Å². The van der Waals surface area contributed by atoms with Crippen molar-refractivity contribution in [1.29, 1.82) is 0 Å². The molecular formula is HCaCl2FO6. The average Bonchev–Trinajstić information content (AvgIpc) is 1.25. The Morgan fingerprint density at radius 3 is 0.600 bits per heavy atom. The third-order valence-corrected chi connectivity index (χ3v) is 0. The largest absolute Gasteiger partial charge is 2.00 e. The van der Waals surface area contributed by atoms with Crippen LogP contribution in [0.25, 0.3) is 0 Å². The summed E-state index contributed by atoms with van der Waals surface area (Å²) in [6.07, 6.45) is 0. The van der Waals surface area contributed by atoms with Gasteiger partial charge in [0.15, 0.2) is 0 Å². The Kier molecular flexibility index (Phi) is 38.0. The first kappa shape index (κ1) is 22.5. The van der Waals surface area contributed by atoms with Gasteiger partial charge in [-0.15, -0.1) is 0 Å². The van der Waals surface area contributed by atoms with Crippen LogP contribution in [0.4, 0.5) is 4.70 Å². The molecule has 0 aromatic carbocycles. The number of hydrogen-bond donors (Lipinski definition) is 0. The first-order valence-electron chi connectivity index (χ1n) is 0.926. The molecule has 60 valence electrons. The van der Waals surface area contributed by atoms with E-state index < -0.39 is 21.6 Å². The van der Waals surface area contributed by atoms with Crippen molar-refractivity contribution in [2.45, 2.75) is 0 Å². The molecule has 0 aromatic rings. The SMILES string of the molecule is F.[Ca+2].[O-][Cl+2]([O-])[O-].[O-][Cl+2]([O-])[O-]. The van der Waals surface area contributed by atoms with E-state index in [2.05, 4.69) is 0 Å². The van der Waals surface area contributed by atoms with Gasteiger partial charge >= 0.3 is 37.7 Å². The second-order valence-electron chi connectivity index (χ2n) is 0.378. The number of hydrogen-bond acceptors (Lipinski definition) is 6. The Labute approximate surface area is 91.3 Å². The third kappa shape index (κ3) is 296. The predicted molar refractivity (Wildman–Crippen MR) is 8.26 cm³/mol. The van der Waals surface area contributed by atoms with E-state index in [0.29, 0.717) is 0 Å². The second kappa shape index (κ2) is 16.9. The summed E-state index contributed by atoms with van der Waals surface area (Å²) in [4.78, 5) is 0. The molecular weight excluding hydrogens is 226 g/mol. The van der Waals surface area contributed by atoms with Crippen LogP contribution in [0, 0.1) is 21.6 Å². The van der Waals surface area contributed by atoms with Crippen LogP contribution in [0.1, 0.15) is 0 Å². The number of rotatable bonds is 0. The standard InChI is InChI=1S/Ca.2ClO3.FH/c;2*2-1(3)4;/h;;;1H/q+2;2*-1;. The van der Waals surface area contributed by atoms with E-state index in [0.717, 1.165) is 0 Å². The molecule has 0 radical (unpaired) electrons. The maximum atomic E-state index is 8.41. The third-order valence-electron chi connectivity index (χ3n) is 0. The zero-order valence-corrected chi connectivity index (χ0v) is 8.04. The summed E-state index contributed by atoms with van der Waals surface area (Å²) >= 11 is 0. The van der Waals surface area contributed by atoms with E-state index in [1.54, 1.807) is 0 Å². The van der Waals surface area contributed by atoms with Crippen molar-refractivity contribution >= 4 is 37.7 Å². The molecule has 0 saturated carbocycles. The van der Waals surface area contributed by atoms with Crippen LogP contribution in [0.5, 0.6) is 0 Å². The van der Waals surface area contributed by atoms with Gasteiger partial charge < -0.3 is 28.0 Å². The van der Waals surface area contributed by atoms with Gasteiger partial charge in [0.05, 0.1) is 21.6 Å². The van der Waals surface area contributed by atoms with Gasteiger partial charge in [-0.1, -0.05) is 0 Å². The summed E-state index contributed by atoms with van der Waals surface area (Å²) < 4.78 is 50.4. The van der Waals surface area contributed by atoms with Crippen molar-refractivity contribution in [3.8, 4) is 0 Å². The van der Waals surface area contributed by atoms with Crippen molar-refractivity contribution < 1.29 is 54.2 Å². The zero-order chi connectivity index (χ0) is 7.15. The molecule has 0 rings (SSSR count). The topological polar surface area (TPSA) is 138 Å². The summed E-state index contributed by atoms with van der Waals surface area (Å²) in [6, 6.07) is 0. The molecule has 0 unspecified atom stereocenters. The first-order valence-corrected chi connectivity index (χ1v) is 2.78. The summed E-state index contributed by atoms with van der Waals surface area (Å²) in [5.41, 5.74) is 0. The maximum absolute atomic E-state index is 8.41. The van der Waals surface area contributed by atoms with E-state index in [1.807, 2.05) is 0 Å². The molecule has 0 aliphatic carbocycles. The Morgan fingerprint density at radius 2 is 0.600 bits per heavy atom. The Balaban J connectivity index is -0.0000000300. The van der Waals surface area contributed by atoms with Gasteiger partial charge in [-0.2, -0.15) is 0 Å². The molecule has 10 heteroatoms. The summed E-state index contributed by atoms with van der Waals surface area (Å²) in [6.45, 7) is 0. The van der Waals surface area contributed by atoms with Crippen molar-refractivity contribution in [3.05, 3.63) is 0 Å². The Morgan fingerprint density at radius 1 is 0.600 bits per heavy atom. The molecule has 6 nitrogen and oxygen atoms in total. The fraction of sp³-hybridized carbons (Fsp3) is 0. The van der Waals surface area contributed by atoms with Gasteiger partial charge in [0.1, 0.15) is 0 Å². The normalized spacial score (nSPS) is 7.20. The fourth-order valence-corrected chi connectivity index (χ4v) is 0. The van der Waals surface area contributed by atoms with E-state index in [1.165, 1.54) is 0 Å². The molecule has 0 heterocycles. The summed E-state index contributed by atoms with van der Waals surface area (Å²) in [5, 5.41) is 0. The molecule has 0 fully saturated rings. The minimum absolute atomic E-state index is 0. The molecule has 0 aliphatic rings. The molecule has 10 heavy (non-hydrogen) atoms. The van der Waals surface area contributed by atoms with Gasteiger partial charge in [-0.25, -0.2) is 0 Å². The monoisotopic (exact) mass is 226 g/mol. The van der Waals surface area contributed by atoms with Crippen LogP contribution in [-0.4, -0.2) is 37.7 Å². The van der Waals surface area contributed by atoms with Crippen LogP contribution in [0.15, 0.2) is 0 Å². The van der Waals surface area contributed by atoms with Crippen molar-refractivity contribution in [1.82, 2.24) is 0 Å². The van der Waals surface area contributed by atoms with E-state index in [4.69, 9.17) is 28.0 Å². The molecule has 0 spiro atoms. The van der Waals surface area contributed by atoms with Crippen LogP contribution >= 0.6 is 0 Å². The smallest absolute Gasteiger partial charge is 0.357 e. The van der Waals surface area contributed by atoms with Gasteiger partial charge in [0.2, 0.25) is 0 Å². The van der Waals surface area contributed by atoms with Gasteiger partial charge in [-0.3, -0.25) is 4.70 Å². The van der Waals surface area contributed by atoms with Gasteiger partial charge in [0, 0.05) is 0 Å². The van der Waals surface area contributed by atoms with Gasteiger partial charge in [-0.05, 0) is 0 Å². The summed E-state index contributed by atoms with van der Waals surface area (Å²) in [7, 11) is -5.70. The predicted octanol–water partition coefficient (Wildman–Crippen LogP) is -7.36. The van der Waals surface area contributed by atoms with Crippen LogP contribution in [0.3, 0.4) is 0 Å². The Bertz CT molecular complexity index is 31.2. The average molecular weight is 227 g/mol. The number of halogens is 3. The van der Waals surface area contributed by atoms with Crippen molar-refractivity contribution in [3.63, 3.8) is 0 Å². The van der Waals surface area contributed by atoms with E-state index in [9.17, 15) is 0 Å². The van der Waals surface area contributed by atoms with Crippen LogP contribution in [0.2, 0.25) is 0 Å². The molecule has 0 N–H and O–H groups in total. The minimum atomic E-state index is -2.85. The fourth-order valence-electron chi connectivity index (χ4n) is 0. The molecule has 0 saturated heterocycles. The first-order chi connectivity index (χ1) is 3.46. The molecule has 0 aliphatic heterocycles. The second-order valence-corrected chi connectivity index (χ2v) is 1.13. The summed E-state index contributed by atoms with van der Waals surface area (Å²) in [5.74, 6) is 0. The van der Waals surface area contributed by atoms with E-state index >= 15 is 0 Å². The Hall–Kier alpha value is 1.53. The zero-order valence-electron chi connectivity index (χ0n) is 4.32. The maximum Gasteiger partial charge on any atom is 2.00 e. The van der Waals surface area contributed by atoms with Crippen molar-refractivity contribution in [2.75, 3.05) is 0 Å².